The monoisotopic (exact) mass is 324 g/mol. The van der Waals surface area contributed by atoms with Crippen LogP contribution >= 0.6 is 11.3 Å². The van der Waals surface area contributed by atoms with E-state index < -0.39 is 0 Å². The average Bonchev–Trinajstić information content (AvgIpc) is 2.74. The number of rotatable bonds is 6. The Labute approximate surface area is 134 Å². The predicted molar refractivity (Wildman–Crippen MR) is 87.2 cm³/mol. The molecular formula is C15H24N4O2S. The molecule has 1 aromatic rings. The van der Waals surface area contributed by atoms with Crippen LogP contribution in [0, 0.1) is 0 Å². The van der Waals surface area contributed by atoms with Crippen molar-refractivity contribution in [3.05, 3.63) is 11.1 Å². The van der Waals surface area contributed by atoms with Crippen LogP contribution in [0.5, 0.6) is 0 Å². The molecule has 0 atom stereocenters. The van der Waals surface area contributed by atoms with Crippen molar-refractivity contribution in [1.82, 2.24) is 15.6 Å². The lowest BCUT2D eigenvalue weighted by Crippen LogP contribution is -2.35. The Morgan fingerprint density at radius 2 is 1.86 bits per heavy atom. The molecule has 0 bridgehead atoms. The van der Waals surface area contributed by atoms with Crippen LogP contribution in [0.2, 0.25) is 0 Å². The van der Waals surface area contributed by atoms with Crippen molar-refractivity contribution in [2.24, 2.45) is 0 Å². The van der Waals surface area contributed by atoms with E-state index in [0.717, 1.165) is 18.5 Å². The molecule has 2 rings (SSSR count). The molecule has 1 aromatic heterocycles. The van der Waals surface area contributed by atoms with E-state index in [-0.39, 0.29) is 30.7 Å². The lowest BCUT2D eigenvalue weighted by atomic mass is 10.1. The summed E-state index contributed by atoms with van der Waals surface area (Å²) >= 11 is 1.35. The number of nitrogens with zero attached hydrogens (tertiary/aromatic N) is 1. The molecule has 122 valence electrons. The van der Waals surface area contributed by atoms with Gasteiger partial charge in [0, 0.05) is 24.3 Å². The lowest BCUT2D eigenvalue weighted by Gasteiger charge is -2.16. The zero-order valence-corrected chi connectivity index (χ0v) is 13.6. The Morgan fingerprint density at radius 3 is 2.50 bits per heavy atom. The zero-order valence-electron chi connectivity index (χ0n) is 12.8. The zero-order chi connectivity index (χ0) is 15.8. The molecule has 0 aliphatic heterocycles. The van der Waals surface area contributed by atoms with Gasteiger partial charge in [0.05, 0.1) is 12.2 Å². The number of nitrogen functional groups attached to an aromatic ring is 1. The normalized spacial score (nSPS) is 16.0. The van der Waals surface area contributed by atoms with E-state index in [1.54, 1.807) is 0 Å². The van der Waals surface area contributed by atoms with E-state index in [1.807, 2.05) is 5.38 Å². The van der Waals surface area contributed by atoms with Gasteiger partial charge >= 0.3 is 0 Å². The fourth-order valence-electron chi connectivity index (χ4n) is 2.63. The second-order valence-electron chi connectivity index (χ2n) is 5.71. The first-order valence-electron chi connectivity index (χ1n) is 7.89. The minimum atomic E-state index is -0.136. The molecule has 22 heavy (non-hydrogen) atoms. The first kappa shape index (κ1) is 16.7. The van der Waals surface area contributed by atoms with Gasteiger partial charge in [0.25, 0.3) is 0 Å². The molecule has 1 aliphatic carbocycles. The first-order chi connectivity index (χ1) is 10.6. The molecule has 0 unspecified atom stereocenters. The van der Waals surface area contributed by atoms with Gasteiger partial charge in [-0.2, -0.15) is 0 Å². The Balaban J connectivity index is 1.61. The summed E-state index contributed by atoms with van der Waals surface area (Å²) in [5.74, 6) is -0.164. The third-order valence-corrected chi connectivity index (χ3v) is 4.56. The molecule has 1 aliphatic rings. The van der Waals surface area contributed by atoms with Gasteiger partial charge in [0.1, 0.15) is 0 Å². The number of aromatic nitrogens is 1. The fourth-order valence-corrected chi connectivity index (χ4v) is 3.19. The summed E-state index contributed by atoms with van der Waals surface area (Å²) in [5.41, 5.74) is 6.27. The summed E-state index contributed by atoms with van der Waals surface area (Å²) in [6, 6.07) is 0.288. The van der Waals surface area contributed by atoms with E-state index in [2.05, 4.69) is 15.6 Å². The number of nitrogens with one attached hydrogen (secondary N) is 2. The van der Waals surface area contributed by atoms with Crippen molar-refractivity contribution in [1.29, 1.82) is 0 Å². The molecular weight excluding hydrogens is 300 g/mol. The molecule has 1 heterocycles. The Kier molecular flexibility index (Phi) is 6.64. The third-order valence-electron chi connectivity index (χ3n) is 3.84. The maximum absolute atomic E-state index is 11.9. The lowest BCUT2D eigenvalue weighted by molar-refractivity contribution is -0.127. The van der Waals surface area contributed by atoms with Crippen molar-refractivity contribution in [3.63, 3.8) is 0 Å². The highest BCUT2D eigenvalue weighted by Crippen LogP contribution is 2.17. The van der Waals surface area contributed by atoms with Crippen LogP contribution in [0.15, 0.2) is 5.38 Å². The molecule has 2 amide bonds. The van der Waals surface area contributed by atoms with Gasteiger partial charge in [-0.1, -0.05) is 25.7 Å². The first-order valence-corrected chi connectivity index (χ1v) is 8.77. The second kappa shape index (κ2) is 8.73. The maximum Gasteiger partial charge on any atom is 0.220 e. The number of anilines is 1. The van der Waals surface area contributed by atoms with Crippen LogP contribution in [-0.2, 0) is 16.1 Å². The maximum atomic E-state index is 11.9. The van der Waals surface area contributed by atoms with E-state index in [1.165, 1.54) is 37.0 Å². The third kappa shape index (κ3) is 6.01. The highest BCUT2D eigenvalue weighted by Gasteiger charge is 2.15. The summed E-state index contributed by atoms with van der Waals surface area (Å²) < 4.78 is 0. The Morgan fingerprint density at radius 1 is 1.18 bits per heavy atom. The number of thiazole rings is 1. The average molecular weight is 324 g/mol. The Hall–Kier alpha value is -1.63. The number of carbonyl (C=O) groups excluding carboxylic acids is 2. The van der Waals surface area contributed by atoms with E-state index >= 15 is 0 Å². The highest BCUT2D eigenvalue weighted by molar-refractivity contribution is 7.13. The van der Waals surface area contributed by atoms with Crippen LogP contribution in [0.4, 0.5) is 5.13 Å². The number of hydrogen-bond donors (Lipinski definition) is 3. The van der Waals surface area contributed by atoms with Gasteiger partial charge in [-0.05, 0) is 12.8 Å². The summed E-state index contributed by atoms with van der Waals surface area (Å²) in [6.45, 7) is 0.358. The van der Waals surface area contributed by atoms with Crippen LogP contribution in [0.3, 0.4) is 0 Å². The van der Waals surface area contributed by atoms with E-state index in [4.69, 9.17) is 5.73 Å². The molecule has 1 fully saturated rings. The number of nitrogens with two attached hydrogens (primary N) is 1. The standard InChI is InChI=1S/C15H24N4O2S/c16-15-19-12(10-22-15)9-17-13(20)7-8-14(21)18-11-5-3-1-2-4-6-11/h10-11H,1-9H2,(H2,16,19)(H,17,20)(H,18,21). The largest absolute Gasteiger partial charge is 0.375 e. The van der Waals surface area contributed by atoms with Gasteiger partial charge in [-0.25, -0.2) is 4.98 Å². The topological polar surface area (TPSA) is 97.1 Å². The number of hydrogen-bond acceptors (Lipinski definition) is 5. The molecule has 4 N–H and O–H groups in total. The van der Waals surface area contributed by atoms with Crippen LogP contribution in [-0.4, -0.2) is 22.8 Å². The van der Waals surface area contributed by atoms with Crippen LogP contribution in [0.1, 0.15) is 57.1 Å². The summed E-state index contributed by atoms with van der Waals surface area (Å²) in [6.07, 6.45) is 7.45. The smallest absolute Gasteiger partial charge is 0.220 e. The highest BCUT2D eigenvalue weighted by atomic mass is 32.1. The molecule has 7 heteroatoms. The van der Waals surface area contributed by atoms with Gasteiger partial charge in [-0.3, -0.25) is 9.59 Å². The minimum Gasteiger partial charge on any atom is -0.375 e. The molecule has 0 aromatic carbocycles. The fraction of sp³-hybridized carbons (Fsp3) is 0.667. The van der Waals surface area contributed by atoms with E-state index in [0.29, 0.717) is 11.7 Å². The minimum absolute atomic E-state index is 0.0278. The summed E-state index contributed by atoms with van der Waals surface area (Å²) in [4.78, 5) is 27.7. The SMILES string of the molecule is Nc1nc(CNC(=O)CCC(=O)NC2CCCCCC2)cs1. The van der Waals surface area contributed by atoms with Crippen molar-refractivity contribution in [2.75, 3.05) is 5.73 Å². The Bertz CT molecular complexity index is 495. The van der Waals surface area contributed by atoms with Crippen molar-refractivity contribution in [3.8, 4) is 0 Å². The van der Waals surface area contributed by atoms with Crippen LogP contribution < -0.4 is 16.4 Å². The molecule has 0 saturated heterocycles. The summed E-state index contributed by atoms with van der Waals surface area (Å²) in [7, 11) is 0. The van der Waals surface area contributed by atoms with E-state index in [9.17, 15) is 9.59 Å². The quantitative estimate of drug-likeness (QED) is 0.697. The molecule has 0 radical (unpaired) electrons. The number of amides is 2. The number of carbonyl (C=O) groups is 2. The molecule has 0 spiro atoms. The second-order valence-corrected chi connectivity index (χ2v) is 6.60. The summed E-state index contributed by atoms with van der Waals surface area (Å²) in [5, 5.41) is 8.10. The van der Waals surface area contributed by atoms with Gasteiger partial charge in [0.2, 0.25) is 11.8 Å². The van der Waals surface area contributed by atoms with Gasteiger partial charge in [-0.15, -0.1) is 11.3 Å². The molecule has 1 saturated carbocycles. The predicted octanol–water partition coefficient (Wildman–Crippen LogP) is 1.96. The van der Waals surface area contributed by atoms with Gasteiger partial charge in [0.15, 0.2) is 5.13 Å². The van der Waals surface area contributed by atoms with Crippen molar-refractivity contribution in [2.45, 2.75) is 64.0 Å². The van der Waals surface area contributed by atoms with Crippen molar-refractivity contribution >= 4 is 28.3 Å². The van der Waals surface area contributed by atoms with Crippen molar-refractivity contribution < 1.29 is 9.59 Å². The molecule has 6 nitrogen and oxygen atoms in total. The van der Waals surface area contributed by atoms with Gasteiger partial charge < -0.3 is 16.4 Å². The van der Waals surface area contributed by atoms with Crippen LogP contribution in [0.25, 0.3) is 0 Å².